The minimum atomic E-state index is -0.417. The number of allylic oxidation sites excluding steroid dienone is 2. The summed E-state index contributed by atoms with van der Waals surface area (Å²) in [6.45, 7) is 11.1. The molecule has 1 radical (unpaired) electrons. The third-order valence-electron chi connectivity index (χ3n) is 5.33. The van der Waals surface area contributed by atoms with Gasteiger partial charge in [0.05, 0.1) is 0 Å². The molecule has 0 aliphatic carbocycles. The van der Waals surface area contributed by atoms with E-state index in [1.54, 1.807) is 10.8 Å². The van der Waals surface area contributed by atoms with Crippen LogP contribution in [0.5, 0.6) is 0 Å². The molecule has 0 saturated heterocycles. The summed E-state index contributed by atoms with van der Waals surface area (Å²) < 4.78 is 1.79. The smallest absolute Gasteiger partial charge is 0.231 e. The number of carbonyl (C=O) groups is 1. The molecule has 0 saturated carbocycles. The van der Waals surface area contributed by atoms with Crippen LogP contribution >= 0.6 is 0 Å². The zero-order valence-electron chi connectivity index (χ0n) is 21.1. The third kappa shape index (κ3) is 6.97. The largest absolute Gasteiger partial charge is 0.512 e. The van der Waals surface area contributed by atoms with Gasteiger partial charge in [-0.2, -0.15) is 0 Å². The first kappa shape index (κ1) is 28.2. The molecule has 2 heterocycles. The van der Waals surface area contributed by atoms with Crippen molar-refractivity contribution < 1.29 is 34.6 Å². The second-order valence-electron chi connectivity index (χ2n) is 10.3. The number of fused-ring (bicyclic) bond motifs is 3. The SMILES string of the molecule is CC(C)(C)C(=O)/C=C(\O)C(C)(C)C.[CH2-][n+]1cc2ccc3cnccc3c2nc1-c1[c-]cccc1.[Ir]. The Labute approximate surface area is 221 Å². The van der Waals surface area contributed by atoms with Gasteiger partial charge < -0.3 is 9.67 Å². The van der Waals surface area contributed by atoms with E-state index in [0.717, 1.165) is 33.1 Å². The predicted molar refractivity (Wildman–Crippen MR) is 137 cm³/mol. The number of aromatic nitrogens is 3. The van der Waals surface area contributed by atoms with Crippen molar-refractivity contribution in [2.75, 3.05) is 0 Å². The van der Waals surface area contributed by atoms with Gasteiger partial charge in [0, 0.05) is 71.8 Å². The summed E-state index contributed by atoms with van der Waals surface area (Å²) in [4.78, 5) is 20.5. The maximum Gasteiger partial charge on any atom is 0.231 e. The van der Waals surface area contributed by atoms with Gasteiger partial charge in [-0.1, -0.05) is 64.2 Å². The van der Waals surface area contributed by atoms with Gasteiger partial charge >= 0.3 is 0 Å². The van der Waals surface area contributed by atoms with Crippen LogP contribution < -0.4 is 4.57 Å². The molecule has 0 amide bonds. The second-order valence-corrected chi connectivity index (χ2v) is 10.3. The molecule has 35 heavy (non-hydrogen) atoms. The number of ketones is 1. The Balaban J connectivity index is 0.000000271. The monoisotopic (exact) mass is 647 g/mol. The van der Waals surface area contributed by atoms with E-state index in [4.69, 9.17) is 4.98 Å². The van der Waals surface area contributed by atoms with Gasteiger partial charge in [0.15, 0.2) is 11.3 Å². The first-order chi connectivity index (χ1) is 15.9. The Morgan fingerprint density at radius 3 is 2.31 bits per heavy atom. The molecule has 1 N–H and O–H groups in total. The van der Waals surface area contributed by atoms with E-state index in [-0.39, 0.29) is 37.1 Å². The molecule has 6 heteroatoms. The maximum atomic E-state index is 11.5. The minimum absolute atomic E-state index is 0. The van der Waals surface area contributed by atoms with Crippen LogP contribution in [0.15, 0.2) is 72.9 Å². The number of pyridine rings is 1. The summed E-state index contributed by atoms with van der Waals surface area (Å²) in [6, 6.07) is 17.1. The summed E-state index contributed by atoms with van der Waals surface area (Å²) in [5.74, 6) is 0.903. The van der Waals surface area contributed by atoms with Crippen molar-refractivity contribution in [1.29, 1.82) is 0 Å². The van der Waals surface area contributed by atoms with E-state index in [9.17, 15) is 9.90 Å². The second kappa shape index (κ2) is 11.1. The number of aliphatic hydroxyl groups is 1. The van der Waals surface area contributed by atoms with Crippen molar-refractivity contribution >= 4 is 27.5 Å². The number of carbonyl (C=O) groups excluding carboxylic acids is 1. The van der Waals surface area contributed by atoms with Gasteiger partial charge in [-0.3, -0.25) is 9.78 Å². The van der Waals surface area contributed by atoms with Crippen LogP contribution in [0.2, 0.25) is 0 Å². The van der Waals surface area contributed by atoms with Gasteiger partial charge in [0.1, 0.15) is 5.76 Å². The number of rotatable bonds is 2. The van der Waals surface area contributed by atoms with Gasteiger partial charge in [-0.05, 0) is 13.1 Å². The zero-order chi connectivity index (χ0) is 25.1. The molecule has 0 aliphatic heterocycles. The Morgan fingerprint density at radius 1 is 1.03 bits per heavy atom. The van der Waals surface area contributed by atoms with Gasteiger partial charge in [-0.25, -0.2) is 0 Å². The summed E-state index contributed by atoms with van der Waals surface area (Å²) in [5.41, 5.74) is 1.13. The Morgan fingerprint density at radius 2 is 1.71 bits per heavy atom. The molecule has 0 spiro atoms. The zero-order valence-corrected chi connectivity index (χ0v) is 23.5. The fourth-order valence-corrected chi connectivity index (χ4v) is 3.10. The summed E-state index contributed by atoms with van der Waals surface area (Å²) in [6.07, 6.45) is 6.98. The molecule has 5 nitrogen and oxygen atoms in total. The van der Waals surface area contributed by atoms with E-state index in [2.05, 4.69) is 24.2 Å². The summed E-state index contributed by atoms with van der Waals surface area (Å²) in [7, 11) is 4.05. The molecule has 2 aromatic carbocycles. The molecule has 2 aromatic heterocycles. The van der Waals surface area contributed by atoms with E-state index in [1.165, 1.54) is 6.08 Å². The average molecular weight is 647 g/mol. The van der Waals surface area contributed by atoms with Gasteiger partial charge in [0.2, 0.25) is 5.82 Å². The fourth-order valence-electron chi connectivity index (χ4n) is 3.10. The van der Waals surface area contributed by atoms with Crippen molar-refractivity contribution in [2.24, 2.45) is 10.8 Å². The van der Waals surface area contributed by atoms with E-state index in [0.29, 0.717) is 0 Å². The van der Waals surface area contributed by atoms with Crippen molar-refractivity contribution in [3.8, 4) is 11.4 Å². The van der Waals surface area contributed by atoms with Crippen molar-refractivity contribution in [1.82, 2.24) is 9.97 Å². The summed E-state index contributed by atoms with van der Waals surface area (Å²) >= 11 is 0. The van der Waals surface area contributed by atoms with Crippen LogP contribution in [0.4, 0.5) is 0 Å². The average Bonchev–Trinajstić information content (AvgIpc) is 2.78. The fraction of sp³-hybridized carbons (Fsp3) is 0.276. The maximum absolute atomic E-state index is 11.5. The Kier molecular flexibility index (Phi) is 8.94. The van der Waals surface area contributed by atoms with Crippen LogP contribution in [0.3, 0.4) is 0 Å². The molecular weight excluding hydrogens is 615 g/mol. The molecule has 0 bridgehead atoms. The number of hydrogen-bond acceptors (Lipinski definition) is 4. The number of benzene rings is 2. The quantitative estimate of drug-likeness (QED) is 0.0918. The molecule has 0 atom stereocenters. The first-order valence-corrected chi connectivity index (χ1v) is 11.2. The van der Waals surface area contributed by atoms with Crippen LogP contribution in [0, 0.1) is 23.9 Å². The number of aliphatic hydroxyl groups excluding tert-OH is 1. The molecule has 0 aliphatic rings. The van der Waals surface area contributed by atoms with Gasteiger partial charge in [-0.15, -0.1) is 30.3 Å². The molecule has 4 rings (SSSR count). The Bertz CT molecular complexity index is 1350. The summed E-state index contributed by atoms with van der Waals surface area (Å²) in [5, 5.41) is 12.8. The first-order valence-electron chi connectivity index (χ1n) is 11.2. The standard InChI is InChI=1S/C18H12N3.C11H20O2.Ir/c1-21-12-15-8-7-14-11-19-10-9-16(14)17(15)20-18(21)13-5-3-2-4-6-13;1-10(2,3)8(12)7-9(13)11(4,5)6;/h2-5,7-12H,1H2;7,12H,1-6H3;/q-1;;/b;8-7-;. The minimum Gasteiger partial charge on any atom is -0.512 e. The van der Waals surface area contributed by atoms with E-state index in [1.807, 2.05) is 90.3 Å². The topological polar surface area (TPSA) is 67.0 Å². The molecular formula is C29H32IrN3O2-. The molecule has 0 fully saturated rings. The van der Waals surface area contributed by atoms with E-state index < -0.39 is 5.41 Å². The van der Waals surface area contributed by atoms with Crippen LogP contribution in [0.1, 0.15) is 41.5 Å². The van der Waals surface area contributed by atoms with Crippen LogP contribution in [0.25, 0.3) is 33.1 Å². The third-order valence-corrected chi connectivity index (χ3v) is 5.33. The molecule has 0 unspecified atom stereocenters. The van der Waals surface area contributed by atoms with Gasteiger partial charge in [0.25, 0.3) is 0 Å². The molecule has 185 valence electrons. The number of hydrogen-bond donors (Lipinski definition) is 1. The van der Waals surface area contributed by atoms with Crippen LogP contribution in [-0.4, -0.2) is 20.9 Å². The Hall–Kier alpha value is -3.08. The number of nitrogens with zero attached hydrogens (tertiary/aromatic N) is 3. The van der Waals surface area contributed by atoms with Crippen molar-refractivity contribution in [3.05, 3.63) is 86.0 Å². The van der Waals surface area contributed by atoms with Crippen LogP contribution in [-0.2, 0) is 24.9 Å². The van der Waals surface area contributed by atoms with Crippen molar-refractivity contribution in [3.63, 3.8) is 0 Å². The van der Waals surface area contributed by atoms with Crippen molar-refractivity contribution in [2.45, 2.75) is 41.5 Å². The van der Waals surface area contributed by atoms with E-state index >= 15 is 0 Å². The predicted octanol–water partition coefficient (Wildman–Crippen LogP) is 6.26. The molecule has 4 aromatic rings. The normalized spacial score (nSPS) is 12.0.